The maximum absolute atomic E-state index is 12.9. The van der Waals surface area contributed by atoms with Gasteiger partial charge < -0.3 is 5.32 Å². The summed E-state index contributed by atoms with van der Waals surface area (Å²) in [7, 11) is 0. The zero-order valence-corrected chi connectivity index (χ0v) is 8.36. The lowest BCUT2D eigenvalue weighted by atomic mass is 10.3. The minimum absolute atomic E-state index is 0.105. The molecule has 0 aromatic heterocycles. The lowest BCUT2D eigenvalue weighted by Gasteiger charge is -2.01. The standard InChI is InChI=1S/C9H4BrF2NO/c10-4-3-9(14)13-8-2-1-6(11)5-7(8)12/h1-2,5H,(H,13,14). The Bertz CT molecular complexity index is 423. The summed E-state index contributed by atoms with van der Waals surface area (Å²) in [6, 6.07) is 2.84. The smallest absolute Gasteiger partial charge is 0.301 e. The van der Waals surface area contributed by atoms with Crippen LogP contribution < -0.4 is 5.32 Å². The fourth-order valence-corrected chi connectivity index (χ4v) is 0.967. The minimum Gasteiger partial charge on any atom is -0.313 e. The zero-order chi connectivity index (χ0) is 10.6. The molecule has 1 N–H and O–H groups in total. The van der Waals surface area contributed by atoms with E-state index in [1.165, 1.54) is 0 Å². The van der Waals surface area contributed by atoms with E-state index in [9.17, 15) is 13.6 Å². The molecule has 0 spiro atoms. The molecule has 72 valence electrons. The fourth-order valence-electron chi connectivity index (χ4n) is 0.787. The largest absolute Gasteiger partial charge is 0.313 e. The molecule has 5 heteroatoms. The molecule has 0 radical (unpaired) electrons. The van der Waals surface area contributed by atoms with Gasteiger partial charge in [-0.3, -0.25) is 4.79 Å². The predicted molar refractivity (Wildman–Crippen MR) is 51.7 cm³/mol. The average molecular weight is 260 g/mol. The molecule has 1 rings (SSSR count). The molecular formula is C9H4BrF2NO. The van der Waals surface area contributed by atoms with Gasteiger partial charge in [0.05, 0.1) is 5.69 Å². The quantitative estimate of drug-likeness (QED) is 0.771. The van der Waals surface area contributed by atoms with E-state index in [2.05, 4.69) is 32.0 Å². The third-order valence-electron chi connectivity index (χ3n) is 1.34. The predicted octanol–water partition coefficient (Wildman–Crippen LogP) is 2.26. The number of carbonyl (C=O) groups excluding carboxylic acids is 1. The van der Waals surface area contributed by atoms with Crippen molar-refractivity contribution in [3.63, 3.8) is 0 Å². The molecule has 0 fully saturated rings. The number of halogens is 3. The first-order valence-corrected chi connectivity index (χ1v) is 4.30. The molecule has 0 bridgehead atoms. The third kappa shape index (κ3) is 2.82. The molecule has 0 atom stereocenters. The molecule has 0 aliphatic heterocycles. The second kappa shape index (κ2) is 4.72. The maximum Gasteiger partial charge on any atom is 0.301 e. The highest BCUT2D eigenvalue weighted by molar-refractivity contribution is 9.12. The van der Waals surface area contributed by atoms with Crippen LogP contribution in [0.3, 0.4) is 0 Å². The van der Waals surface area contributed by atoms with Gasteiger partial charge in [-0.05, 0) is 17.0 Å². The Kier molecular flexibility index (Phi) is 3.60. The summed E-state index contributed by atoms with van der Waals surface area (Å²) in [5, 5.41) is 2.15. The summed E-state index contributed by atoms with van der Waals surface area (Å²) in [6.07, 6.45) is 0. The van der Waals surface area contributed by atoms with Gasteiger partial charge in [0.15, 0.2) is 0 Å². The number of benzene rings is 1. The topological polar surface area (TPSA) is 29.1 Å². The van der Waals surface area contributed by atoms with Crippen LogP contribution in [-0.2, 0) is 4.79 Å². The van der Waals surface area contributed by atoms with Crippen molar-refractivity contribution in [2.45, 2.75) is 0 Å². The number of carbonyl (C=O) groups is 1. The first kappa shape index (κ1) is 10.7. The monoisotopic (exact) mass is 259 g/mol. The van der Waals surface area contributed by atoms with Crippen molar-refractivity contribution in [2.75, 3.05) is 5.32 Å². The first-order chi connectivity index (χ1) is 6.63. The average Bonchev–Trinajstić information content (AvgIpc) is 2.10. The fraction of sp³-hybridized carbons (Fsp3) is 0. The normalized spacial score (nSPS) is 8.79. The maximum atomic E-state index is 12.9. The van der Waals surface area contributed by atoms with Gasteiger partial charge in [0.1, 0.15) is 11.6 Å². The van der Waals surface area contributed by atoms with Gasteiger partial charge in [-0.15, -0.1) is 0 Å². The summed E-state index contributed by atoms with van der Waals surface area (Å²) >= 11 is 2.72. The number of rotatable bonds is 1. The van der Waals surface area contributed by atoms with Crippen LogP contribution in [0.1, 0.15) is 0 Å². The summed E-state index contributed by atoms with van der Waals surface area (Å²) in [6.45, 7) is 0. The molecular weight excluding hydrogens is 256 g/mol. The van der Waals surface area contributed by atoms with Gasteiger partial charge >= 0.3 is 5.91 Å². The van der Waals surface area contributed by atoms with Gasteiger partial charge in [0, 0.05) is 27.9 Å². The van der Waals surface area contributed by atoms with Crippen LogP contribution in [-0.4, -0.2) is 5.91 Å². The van der Waals surface area contributed by atoms with E-state index >= 15 is 0 Å². The summed E-state index contributed by atoms with van der Waals surface area (Å²) < 4.78 is 25.4. The third-order valence-corrected chi connectivity index (χ3v) is 1.54. The van der Waals surface area contributed by atoms with Crippen LogP contribution in [0.25, 0.3) is 0 Å². The lowest BCUT2D eigenvalue weighted by Crippen LogP contribution is -2.09. The number of nitrogens with one attached hydrogen (secondary N) is 1. The molecule has 0 aliphatic rings. The van der Waals surface area contributed by atoms with Gasteiger partial charge in [-0.1, -0.05) is 0 Å². The van der Waals surface area contributed by atoms with Gasteiger partial charge in [-0.25, -0.2) is 8.78 Å². The Morgan fingerprint density at radius 2 is 2.14 bits per heavy atom. The number of anilines is 1. The van der Waals surface area contributed by atoms with Crippen LogP contribution in [0.5, 0.6) is 0 Å². The van der Waals surface area contributed by atoms with Gasteiger partial charge in [0.2, 0.25) is 0 Å². The second-order valence-electron chi connectivity index (χ2n) is 2.30. The van der Waals surface area contributed by atoms with Crippen LogP contribution in [0, 0.1) is 22.4 Å². The number of amides is 1. The highest BCUT2D eigenvalue weighted by Gasteiger charge is 2.05. The molecule has 0 saturated carbocycles. The van der Waals surface area contributed by atoms with Crippen LogP contribution in [0.4, 0.5) is 14.5 Å². The van der Waals surface area contributed by atoms with Crippen molar-refractivity contribution in [3.05, 3.63) is 29.8 Å². The number of hydrogen-bond donors (Lipinski definition) is 1. The zero-order valence-electron chi connectivity index (χ0n) is 6.77. The second-order valence-corrected chi connectivity index (χ2v) is 2.69. The van der Waals surface area contributed by atoms with E-state index in [4.69, 9.17) is 0 Å². The summed E-state index contributed by atoms with van der Waals surface area (Å²) in [5.41, 5.74) is -0.105. The number of hydrogen-bond acceptors (Lipinski definition) is 1. The Morgan fingerprint density at radius 1 is 1.43 bits per heavy atom. The van der Waals surface area contributed by atoms with Gasteiger partial charge in [-0.2, -0.15) is 0 Å². The Balaban J connectivity index is 2.85. The Hall–Kier alpha value is -1.41. The first-order valence-electron chi connectivity index (χ1n) is 3.51. The minimum atomic E-state index is -0.838. The van der Waals surface area contributed by atoms with Crippen molar-refractivity contribution in [2.24, 2.45) is 0 Å². The Labute approximate surface area is 87.4 Å². The van der Waals surface area contributed by atoms with Crippen LogP contribution in [0.2, 0.25) is 0 Å². The van der Waals surface area contributed by atoms with E-state index in [1.807, 2.05) is 0 Å². The molecule has 0 unspecified atom stereocenters. The van der Waals surface area contributed by atoms with Crippen molar-refractivity contribution >= 4 is 27.5 Å². The SMILES string of the molecule is O=C(C#CBr)Nc1ccc(F)cc1F. The van der Waals surface area contributed by atoms with E-state index in [-0.39, 0.29) is 5.69 Å². The van der Waals surface area contributed by atoms with Gasteiger partial charge in [0.25, 0.3) is 0 Å². The lowest BCUT2D eigenvalue weighted by molar-refractivity contribution is -0.111. The van der Waals surface area contributed by atoms with E-state index in [1.54, 1.807) is 0 Å². The highest BCUT2D eigenvalue weighted by atomic mass is 79.9. The van der Waals surface area contributed by atoms with E-state index < -0.39 is 17.5 Å². The Morgan fingerprint density at radius 3 is 2.71 bits per heavy atom. The van der Waals surface area contributed by atoms with Crippen molar-refractivity contribution in [3.8, 4) is 10.8 Å². The van der Waals surface area contributed by atoms with Crippen LogP contribution >= 0.6 is 15.9 Å². The molecule has 1 aromatic carbocycles. The molecule has 0 aliphatic carbocycles. The highest BCUT2D eigenvalue weighted by Crippen LogP contribution is 2.14. The molecule has 0 saturated heterocycles. The van der Waals surface area contributed by atoms with Crippen LogP contribution in [0.15, 0.2) is 18.2 Å². The van der Waals surface area contributed by atoms with Crippen molar-refractivity contribution < 1.29 is 13.6 Å². The summed E-state index contributed by atoms with van der Waals surface area (Å²) in [5.74, 6) is -0.122. The molecule has 0 heterocycles. The molecule has 1 amide bonds. The molecule has 1 aromatic rings. The van der Waals surface area contributed by atoms with E-state index in [0.717, 1.165) is 12.1 Å². The molecule has 2 nitrogen and oxygen atoms in total. The van der Waals surface area contributed by atoms with Crippen molar-refractivity contribution in [1.29, 1.82) is 0 Å². The van der Waals surface area contributed by atoms with E-state index in [0.29, 0.717) is 6.07 Å². The molecule has 14 heavy (non-hydrogen) atoms. The van der Waals surface area contributed by atoms with Crippen molar-refractivity contribution in [1.82, 2.24) is 0 Å². The summed E-state index contributed by atoms with van der Waals surface area (Å²) in [4.78, 5) is 13.0.